The van der Waals surface area contributed by atoms with Gasteiger partial charge in [-0.15, -0.1) is 10.2 Å². The molecule has 2 heterocycles. The zero-order valence-electron chi connectivity index (χ0n) is 13.2. The molecule has 0 spiro atoms. The van der Waals surface area contributed by atoms with Gasteiger partial charge >= 0.3 is 0 Å². The molecule has 2 amide bonds. The molecular formula is C14H24N6O2. The number of aromatic nitrogens is 4. The van der Waals surface area contributed by atoms with Crippen molar-refractivity contribution in [1.82, 2.24) is 30.8 Å². The Morgan fingerprint density at radius 1 is 1.50 bits per heavy atom. The number of tetrazole rings is 1. The quantitative estimate of drug-likeness (QED) is 0.697. The third-order valence-electron chi connectivity index (χ3n) is 3.72. The Bertz CT molecular complexity index is 488. The molecule has 8 nitrogen and oxygen atoms in total. The Labute approximate surface area is 130 Å². The first kappa shape index (κ1) is 16.4. The van der Waals surface area contributed by atoms with Crippen molar-refractivity contribution in [2.75, 3.05) is 19.6 Å². The third-order valence-corrected chi connectivity index (χ3v) is 3.72. The summed E-state index contributed by atoms with van der Waals surface area (Å²) in [6.45, 7) is 6.00. The van der Waals surface area contributed by atoms with E-state index in [1.165, 1.54) is 0 Å². The maximum atomic E-state index is 12.2. The number of hydrogen-bond acceptors (Lipinski definition) is 5. The van der Waals surface area contributed by atoms with Gasteiger partial charge in [0.15, 0.2) is 5.82 Å². The molecule has 0 aliphatic carbocycles. The molecule has 0 aromatic carbocycles. The minimum atomic E-state index is -0.0957. The molecule has 0 bridgehead atoms. The van der Waals surface area contributed by atoms with E-state index in [1.54, 1.807) is 0 Å². The molecule has 1 aliphatic heterocycles. The molecule has 1 aromatic rings. The Morgan fingerprint density at radius 2 is 2.32 bits per heavy atom. The molecule has 0 saturated carbocycles. The smallest absolute Gasteiger partial charge is 0.224 e. The van der Waals surface area contributed by atoms with Crippen molar-refractivity contribution in [2.24, 2.45) is 11.8 Å². The summed E-state index contributed by atoms with van der Waals surface area (Å²) in [7, 11) is 0. The first-order chi connectivity index (χ1) is 10.6. The molecule has 2 N–H and O–H groups in total. The lowest BCUT2D eigenvalue weighted by atomic mass is 9.95. The lowest BCUT2D eigenvalue weighted by Crippen LogP contribution is -2.47. The van der Waals surface area contributed by atoms with Crippen LogP contribution in [-0.4, -0.2) is 57.0 Å². The number of aromatic amines is 1. The summed E-state index contributed by atoms with van der Waals surface area (Å²) < 4.78 is 0. The van der Waals surface area contributed by atoms with Gasteiger partial charge in [-0.25, -0.2) is 0 Å². The number of hydrogen-bond donors (Lipinski definition) is 2. The van der Waals surface area contributed by atoms with E-state index >= 15 is 0 Å². The summed E-state index contributed by atoms with van der Waals surface area (Å²) in [4.78, 5) is 25.9. The van der Waals surface area contributed by atoms with Crippen molar-refractivity contribution in [2.45, 2.75) is 39.5 Å². The monoisotopic (exact) mass is 308 g/mol. The minimum Gasteiger partial charge on any atom is -0.356 e. The zero-order valence-corrected chi connectivity index (χ0v) is 13.2. The summed E-state index contributed by atoms with van der Waals surface area (Å²) in [5, 5.41) is 16.6. The van der Waals surface area contributed by atoms with Gasteiger partial charge in [0.2, 0.25) is 11.8 Å². The molecule has 1 atom stereocenters. The summed E-state index contributed by atoms with van der Waals surface area (Å²) in [6.07, 6.45) is 2.56. The Kier molecular flexibility index (Phi) is 5.85. The molecular weight excluding hydrogens is 284 g/mol. The molecule has 0 radical (unpaired) electrons. The van der Waals surface area contributed by atoms with Crippen LogP contribution in [0.15, 0.2) is 0 Å². The SMILES string of the molecule is CC(C)CN1C[C@H](C(=O)NCCCc2nn[nH]n2)CCC1=O. The van der Waals surface area contributed by atoms with Crippen molar-refractivity contribution in [3.8, 4) is 0 Å². The second kappa shape index (κ2) is 7.86. The maximum Gasteiger partial charge on any atom is 0.224 e. The predicted molar refractivity (Wildman–Crippen MR) is 79.7 cm³/mol. The van der Waals surface area contributed by atoms with E-state index in [-0.39, 0.29) is 17.7 Å². The van der Waals surface area contributed by atoms with E-state index in [0.717, 1.165) is 13.0 Å². The van der Waals surface area contributed by atoms with Crippen LogP contribution < -0.4 is 5.32 Å². The fourth-order valence-corrected chi connectivity index (χ4v) is 2.64. The molecule has 1 fully saturated rings. The van der Waals surface area contributed by atoms with Crippen LogP contribution in [0.25, 0.3) is 0 Å². The summed E-state index contributed by atoms with van der Waals surface area (Å²) >= 11 is 0. The number of aryl methyl sites for hydroxylation is 1. The highest BCUT2D eigenvalue weighted by molar-refractivity contribution is 5.83. The van der Waals surface area contributed by atoms with Crippen molar-refractivity contribution >= 4 is 11.8 Å². The van der Waals surface area contributed by atoms with Crippen LogP contribution in [0.2, 0.25) is 0 Å². The van der Waals surface area contributed by atoms with Crippen molar-refractivity contribution in [1.29, 1.82) is 0 Å². The number of likely N-dealkylation sites (tertiary alicyclic amines) is 1. The van der Waals surface area contributed by atoms with Gasteiger partial charge in [0.1, 0.15) is 0 Å². The maximum absolute atomic E-state index is 12.2. The Balaban J connectivity index is 1.71. The topological polar surface area (TPSA) is 104 Å². The molecule has 122 valence electrons. The van der Waals surface area contributed by atoms with Crippen LogP contribution in [0, 0.1) is 11.8 Å². The van der Waals surface area contributed by atoms with E-state index in [0.29, 0.717) is 44.1 Å². The van der Waals surface area contributed by atoms with Crippen LogP contribution in [0.3, 0.4) is 0 Å². The summed E-state index contributed by atoms with van der Waals surface area (Å²) in [6, 6.07) is 0. The number of nitrogens with zero attached hydrogens (tertiary/aromatic N) is 4. The van der Waals surface area contributed by atoms with E-state index in [1.807, 2.05) is 4.90 Å². The first-order valence-electron chi connectivity index (χ1n) is 7.84. The number of nitrogens with one attached hydrogen (secondary N) is 2. The number of rotatable bonds is 7. The standard InChI is InChI=1S/C14H24N6O2/c1-10(2)8-20-9-11(5-6-13(20)21)14(22)15-7-3-4-12-16-18-19-17-12/h10-11H,3-9H2,1-2H3,(H,15,22)(H,16,17,18,19)/t11-/m1/s1. The average molecular weight is 308 g/mol. The van der Waals surface area contributed by atoms with Gasteiger partial charge in [-0.3, -0.25) is 9.59 Å². The van der Waals surface area contributed by atoms with Crippen LogP contribution in [-0.2, 0) is 16.0 Å². The molecule has 1 aromatic heterocycles. The third kappa shape index (κ3) is 4.78. The van der Waals surface area contributed by atoms with Crippen LogP contribution in [0.4, 0.5) is 0 Å². The van der Waals surface area contributed by atoms with E-state index < -0.39 is 0 Å². The first-order valence-corrected chi connectivity index (χ1v) is 7.84. The van der Waals surface area contributed by atoms with Crippen molar-refractivity contribution in [3.05, 3.63) is 5.82 Å². The fraction of sp³-hybridized carbons (Fsp3) is 0.786. The molecule has 2 rings (SSSR count). The van der Waals surface area contributed by atoms with Crippen molar-refractivity contribution < 1.29 is 9.59 Å². The van der Waals surface area contributed by atoms with E-state index in [4.69, 9.17) is 0 Å². The lowest BCUT2D eigenvalue weighted by molar-refractivity contribution is -0.138. The lowest BCUT2D eigenvalue weighted by Gasteiger charge is -2.33. The van der Waals surface area contributed by atoms with Crippen LogP contribution in [0.1, 0.15) is 38.9 Å². The Morgan fingerprint density at radius 3 is 3.00 bits per heavy atom. The predicted octanol–water partition coefficient (Wildman–Crippen LogP) is 0.143. The number of carbonyl (C=O) groups excluding carboxylic acids is 2. The largest absolute Gasteiger partial charge is 0.356 e. The second-order valence-corrected chi connectivity index (χ2v) is 6.15. The Hall–Kier alpha value is -1.99. The molecule has 22 heavy (non-hydrogen) atoms. The van der Waals surface area contributed by atoms with Gasteiger partial charge in [0.25, 0.3) is 0 Å². The fourth-order valence-electron chi connectivity index (χ4n) is 2.64. The van der Waals surface area contributed by atoms with Gasteiger partial charge in [0.05, 0.1) is 5.92 Å². The molecule has 1 saturated heterocycles. The van der Waals surface area contributed by atoms with Crippen LogP contribution in [0.5, 0.6) is 0 Å². The van der Waals surface area contributed by atoms with Gasteiger partial charge < -0.3 is 10.2 Å². The number of H-pyrrole nitrogens is 1. The highest BCUT2D eigenvalue weighted by Crippen LogP contribution is 2.18. The molecule has 1 aliphatic rings. The molecule has 0 unspecified atom stereocenters. The number of amides is 2. The molecule has 8 heteroatoms. The summed E-state index contributed by atoms with van der Waals surface area (Å²) in [5.74, 6) is 1.17. The minimum absolute atomic E-state index is 0.0365. The normalized spacial score (nSPS) is 18.8. The van der Waals surface area contributed by atoms with Gasteiger partial charge in [-0.1, -0.05) is 19.1 Å². The van der Waals surface area contributed by atoms with Crippen LogP contribution >= 0.6 is 0 Å². The highest BCUT2D eigenvalue weighted by Gasteiger charge is 2.30. The second-order valence-electron chi connectivity index (χ2n) is 6.15. The van der Waals surface area contributed by atoms with E-state index in [9.17, 15) is 9.59 Å². The highest BCUT2D eigenvalue weighted by atomic mass is 16.2. The average Bonchev–Trinajstić information content (AvgIpc) is 2.98. The van der Waals surface area contributed by atoms with Gasteiger partial charge in [0, 0.05) is 32.5 Å². The van der Waals surface area contributed by atoms with Gasteiger partial charge in [-0.05, 0) is 18.8 Å². The number of piperidine rings is 1. The van der Waals surface area contributed by atoms with Gasteiger partial charge in [-0.2, -0.15) is 5.21 Å². The van der Waals surface area contributed by atoms with E-state index in [2.05, 4.69) is 39.8 Å². The number of carbonyl (C=O) groups is 2. The summed E-state index contributed by atoms with van der Waals surface area (Å²) in [5.41, 5.74) is 0. The zero-order chi connectivity index (χ0) is 15.9. The van der Waals surface area contributed by atoms with Crippen molar-refractivity contribution in [3.63, 3.8) is 0 Å².